The highest BCUT2D eigenvalue weighted by Gasteiger charge is 2.28. The number of Topliss-reactive ketones (excluding diaryl/α,β-unsaturated/α-hetero) is 1. The summed E-state index contributed by atoms with van der Waals surface area (Å²) in [4.78, 5) is 18.5. The van der Waals surface area contributed by atoms with E-state index in [-0.39, 0.29) is 5.92 Å². The minimum atomic E-state index is 0.243. The van der Waals surface area contributed by atoms with Crippen molar-refractivity contribution in [2.24, 2.45) is 11.8 Å². The molecule has 100 valence electrons. The summed E-state index contributed by atoms with van der Waals surface area (Å²) < 4.78 is 0. The Bertz CT molecular complexity index is 377. The molecular weight excluding hydrogens is 244 g/mol. The van der Waals surface area contributed by atoms with Gasteiger partial charge >= 0.3 is 0 Å². The van der Waals surface area contributed by atoms with E-state index < -0.39 is 0 Å². The molecule has 0 amide bonds. The van der Waals surface area contributed by atoms with Crippen molar-refractivity contribution in [2.45, 2.75) is 39.2 Å². The molecule has 0 radical (unpaired) electrons. The fourth-order valence-corrected chi connectivity index (χ4v) is 3.33. The van der Waals surface area contributed by atoms with Crippen molar-refractivity contribution < 1.29 is 4.79 Å². The van der Waals surface area contributed by atoms with Crippen LogP contribution in [0.4, 0.5) is 0 Å². The average molecular weight is 266 g/mol. The number of hydrogen-bond donors (Lipinski definition) is 0. The standard InChI is InChI=1S/C14H22N2OS/c1-3-11-4-5-14(17)12(6-11)7-16(2)8-13-9-18-10-15-13/h9-12H,3-8H2,1-2H3. The molecule has 2 rings (SSSR count). The number of carbonyl (C=O) groups excluding carboxylic acids is 1. The quantitative estimate of drug-likeness (QED) is 0.821. The molecule has 1 fully saturated rings. The summed E-state index contributed by atoms with van der Waals surface area (Å²) in [6.45, 7) is 3.97. The van der Waals surface area contributed by atoms with Gasteiger partial charge in [0.15, 0.2) is 0 Å². The third-order valence-electron chi connectivity index (χ3n) is 3.90. The highest BCUT2D eigenvalue weighted by molar-refractivity contribution is 7.07. The summed E-state index contributed by atoms with van der Waals surface area (Å²) in [6, 6.07) is 0. The van der Waals surface area contributed by atoms with E-state index in [9.17, 15) is 4.79 Å². The first-order chi connectivity index (χ1) is 8.69. The lowest BCUT2D eigenvalue weighted by molar-refractivity contribution is -0.126. The first kappa shape index (κ1) is 13.7. The van der Waals surface area contributed by atoms with Crippen LogP contribution in [0.2, 0.25) is 0 Å². The van der Waals surface area contributed by atoms with Crippen molar-refractivity contribution in [3.05, 3.63) is 16.6 Å². The average Bonchev–Trinajstić information content (AvgIpc) is 2.84. The number of rotatable bonds is 5. The van der Waals surface area contributed by atoms with Crippen LogP contribution in [0.1, 0.15) is 38.3 Å². The fourth-order valence-electron chi connectivity index (χ4n) is 2.78. The second kappa shape index (κ2) is 6.43. The normalized spacial score (nSPS) is 24.7. The molecule has 1 aromatic heterocycles. The van der Waals surface area contributed by atoms with Crippen LogP contribution in [-0.4, -0.2) is 29.3 Å². The lowest BCUT2D eigenvalue weighted by atomic mass is 9.79. The van der Waals surface area contributed by atoms with Gasteiger partial charge in [-0.05, 0) is 25.8 Å². The van der Waals surface area contributed by atoms with Crippen LogP contribution in [0.3, 0.4) is 0 Å². The second-order valence-corrected chi connectivity index (χ2v) is 6.11. The van der Waals surface area contributed by atoms with Gasteiger partial charge in [0.25, 0.3) is 0 Å². The fraction of sp³-hybridized carbons (Fsp3) is 0.714. The Morgan fingerprint density at radius 2 is 2.39 bits per heavy atom. The highest BCUT2D eigenvalue weighted by atomic mass is 32.1. The molecule has 2 atom stereocenters. The smallest absolute Gasteiger partial charge is 0.137 e. The van der Waals surface area contributed by atoms with Crippen LogP contribution in [0, 0.1) is 11.8 Å². The van der Waals surface area contributed by atoms with Gasteiger partial charge in [-0.3, -0.25) is 9.69 Å². The Hall–Kier alpha value is -0.740. The predicted molar refractivity (Wildman–Crippen MR) is 74.6 cm³/mol. The Balaban J connectivity index is 1.85. The van der Waals surface area contributed by atoms with Crippen molar-refractivity contribution in [2.75, 3.05) is 13.6 Å². The molecule has 0 spiro atoms. The van der Waals surface area contributed by atoms with Crippen LogP contribution < -0.4 is 0 Å². The molecule has 1 saturated carbocycles. The SMILES string of the molecule is CCC1CCC(=O)C(CN(C)Cc2cscn2)C1. The van der Waals surface area contributed by atoms with E-state index >= 15 is 0 Å². The minimum absolute atomic E-state index is 0.243. The van der Waals surface area contributed by atoms with Crippen LogP contribution in [-0.2, 0) is 11.3 Å². The van der Waals surface area contributed by atoms with E-state index in [2.05, 4.69) is 29.2 Å². The Morgan fingerprint density at radius 1 is 1.56 bits per heavy atom. The summed E-state index contributed by atoms with van der Waals surface area (Å²) >= 11 is 1.63. The number of carbonyl (C=O) groups is 1. The number of hydrogen-bond acceptors (Lipinski definition) is 4. The van der Waals surface area contributed by atoms with Crippen molar-refractivity contribution >= 4 is 17.1 Å². The number of ketones is 1. The molecule has 0 aromatic carbocycles. The highest BCUT2D eigenvalue weighted by Crippen LogP contribution is 2.29. The van der Waals surface area contributed by atoms with E-state index in [4.69, 9.17) is 0 Å². The van der Waals surface area contributed by atoms with Gasteiger partial charge in [0, 0.05) is 30.8 Å². The summed E-state index contributed by atoms with van der Waals surface area (Å²) in [6.07, 6.45) is 4.17. The van der Waals surface area contributed by atoms with E-state index in [0.717, 1.165) is 44.0 Å². The van der Waals surface area contributed by atoms with Crippen LogP contribution in [0.25, 0.3) is 0 Å². The molecular formula is C14H22N2OS. The lowest BCUT2D eigenvalue weighted by Crippen LogP contribution is -2.34. The van der Waals surface area contributed by atoms with Gasteiger partial charge in [0.05, 0.1) is 11.2 Å². The Kier molecular flexibility index (Phi) is 4.89. The van der Waals surface area contributed by atoms with Gasteiger partial charge in [-0.1, -0.05) is 13.3 Å². The molecule has 2 unspecified atom stereocenters. The molecule has 0 aliphatic heterocycles. The predicted octanol–water partition coefficient (Wildman–Crippen LogP) is 2.97. The zero-order valence-electron chi connectivity index (χ0n) is 11.3. The number of thiazole rings is 1. The molecule has 1 aromatic rings. The minimum Gasteiger partial charge on any atom is -0.300 e. The third kappa shape index (κ3) is 3.62. The topological polar surface area (TPSA) is 33.2 Å². The van der Waals surface area contributed by atoms with Crippen LogP contribution in [0.5, 0.6) is 0 Å². The van der Waals surface area contributed by atoms with Gasteiger partial charge in [-0.2, -0.15) is 0 Å². The lowest BCUT2D eigenvalue weighted by Gasteiger charge is -2.30. The largest absolute Gasteiger partial charge is 0.300 e. The van der Waals surface area contributed by atoms with Gasteiger partial charge in [0.1, 0.15) is 5.78 Å². The van der Waals surface area contributed by atoms with Crippen molar-refractivity contribution in [3.8, 4) is 0 Å². The van der Waals surface area contributed by atoms with Crippen molar-refractivity contribution in [1.82, 2.24) is 9.88 Å². The van der Waals surface area contributed by atoms with Gasteiger partial charge in [0.2, 0.25) is 0 Å². The molecule has 0 N–H and O–H groups in total. The molecule has 18 heavy (non-hydrogen) atoms. The van der Waals surface area contributed by atoms with E-state index in [1.165, 1.54) is 6.42 Å². The van der Waals surface area contributed by atoms with Crippen molar-refractivity contribution in [3.63, 3.8) is 0 Å². The number of aromatic nitrogens is 1. The maximum Gasteiger partial charge on any atom is 0.137 e. The maximum atomic E-state index is 12.0. The molecule has 1 aliphatic rings. The molecule has 3 nitrogen and oxygen atoms in total. The van der Waals surface area contributed by atoms with Gasteiger partial charge in [-0.25, -0.2) is 4.98 Å². The van der Waals surface area contributed by atoms with Crippen LogP contribution in [0.15, 0.2) is 10.9 Å². The van der Waals surface area contributed by atoms with E-state index in [1.807, 2.05) is 5.51 Å². The molecule has 0 saturated heterocycles. The Labute approximate surface area is 113 Å². The summed E-state index contributed by atoms with van der Waals surface area (Å²) in [5.74, 6) is 1.46. The zero-order chi connectivity index (χ0) is 13.0. The summed E-state index contributed by atoms with van der Waals surface area (Å²) in [5.41, 5.74) is 2.97. The number of nitrogens with zero attached hydrogens (tertiary/aromatic N) is 2. The monoisotopic (exact) mass is 266 g/mol. The molecule has 1 heterocycles. The first-order valence-electron chi connectivity index (χ1n) is 6.77. The molecule has 4 heteroatoms. The Morgan fingerprint density at radius 3 is 3.06 bits per heavy atom. The molecule has 0 bridgehead atoms. The van der Waals surface area contributed by atoms with Gasteiger partial charge in [-0.15, -0.1) is 11.3 Å². The third-order valence-corrected chi connectivity index (χ3v) is 4.53. The van der Waals surface area contributed by atoms with Crippen LogP contribution >= 0.6 is 11.3 Å². The van der Waals surface area contributed by atoms with E-state index in [1.54, 1.807) is 11.3 Å². The van der Waals surface area contributed by atoms with Crippen molar-refractivity contribution in [1.29, 1.82) is 0 Å². The summed E-state index contributed by atoms with van der Waals surface area (Å²) in [7, 11) is 2.09. The summed E-state index contributed by atoms with van der Waals surface area (Å²) in [5, 5.41) is 2.08. The zero-order valence-corrected chi connectivity index (χ0v) is 12.1. The first-order valence-corrected chi connectivity index (χ1v) is 7.71. The second-order valence-electron chi connectivity index (χ2n) is 5.39. The van der Waals surface area contributed by atoms with Gasteiger partial charge < -0.3 is 0 Å². The maximum absolute atomic E-state index is 12.0. The molecule has 1 aliphatic carbocycles. The van der Waals surface area contributed by atoms with E-state index in [0.29, 0.717) is 5.78 Å².